The molecule has 4 heteroatoms. The molecular formula is C11H12BrN3. The molecule has 0 spiro atoms. The number of benzene rings is 1. The van der Waals surface area contributed by atoms with Gasteiger partial charge < -0.3 is 0 Å². The minimum absolute atomic E-state index is 0.374. The van der Waals surface area contributed by atoms with Crippen molar-refractivity contribution in [3.63, 3.8) is 0 Å². The van der Waals surface area contributed by atoms with Gasteiger partial charge in [-0.2, -0.15) is 5.10 Å². The third-order valence-electron chi connectivity index (χ3n) is 2.13. The second kappa shape index (κ2) is 4.14. The Kier molecular flexibility index (Phi) is 2.86. The van der Waals surface area contributed by atoms with E-state index in [-0.39, 0.29) is 0 Å². The number of hydrogen-bond acceptors (Lipinski definition) is 2. The summed E-state index contributed by atoms with van der Waals surface area (Å²) in [5, 5.41) is 7.14. The van der Waals surface area contributed by atoms with Crippen LogP contribution in [0, 0.1) is 0 Å². The molecule has 1 aromatic carbocycles. The summed E-state index contributed by atoms with van der Waals surface area (Å²) in [6, 6.07) is 7.97. The van der Waals surface area contributed by atoms with Gasteiger partial charge in [-0.3, -0.25) is 5.10 Å². The van der Waals surface area contributed by atoms with Crippen molar-refractivity contribution >= 4 is 15.9 Å². The molecule has 15 heavy (non-hydrogen) atoms. The summed E-state index contributed by atoms with van der Waals surface area (Å²) < 4.78 is 1.04. The smallest absolute Gasteiger partial charge is 0.181 e. The summed E-state index contributed by atoms with van der Waals surface area (Å²) in [4.78, 5) is 4.43. The van der Waals surface area contributed by atoms with E-state index in [1.54, 1.807) is 0 Å². The van der Waals surface area contributed by atoms with Crippen LogP contribution < -0.4 is 0 Å². The largest absolute Gasteiger partial charge is 0.262 e. The average molecular weight is 266 g/mol. The minimum Gasteiger partial charge on any atom is -0.262 e. The Labute approximate surface area is 97.1 Å². The molecule has 2 rings (SSSR count). The Morgan fingerprint density at radius 2 is 2.13 bits per heavy atom. The van der Waals surface area contributed by atoms with Crippen LogP contribution in [0.5, 0.6) is 0 Å². The van der Waals surface area contributed by atoms with E-state index in [9.17, 15) is 0 Å². The molecule has 0 amide bonds. The van der Waals surface area contributed by atoms with Crippen LogP contribution in [0.15, 0.2) is 28.7 Å². The molecule has 0 radical (unpaired) electrons. The first-order chi connectivity index (χ1) is 7.16. The molecule has 0 aliphatic heterocycles. The Balaban J connectivity index is 2.37. The zero-order valence-electron chi connectivity index (χ0n) is 8.66. The zero-order valence-corrected chi connectivity index (χ0v) is 10.2. The zero-order chi connectivity index (χ0) is 10.8. The number of nitrogens with one attached hydrogen (secondary N) is 1. The van der Waals surface area contributed by atoms with Gasteiger partial charge in [0.2, 0.25) is 0 Å². The van der Waals surface area contributed by atoms with E-state index in [1.807, 2.05) is 24.3 Å². The lowest BCUT2D eigenvalue weighted by Crippen LogP contribution is -1.89. The molecule has 0 saturated carbocycles. The van der Waals surface area contributed by atoms with Crippen molar-refractivity contribution in [1.29, 1.82) is 0 Å². The molecule has 2 aromatic rings. The van der Waals surface area contributed by atoms with Gasteiger partial charge in [0.25, 0.3) is 0 Å². The molecule has 0 aliphatic rings. The van der Waals surface area contributed by atoms with E-state index in [4.69, 9.17) is 0 Å². The third kappa shape index (κ3) is 2.26. The van der Waals surface area contributed by atoms with Gasteiger partial charge in [-0.25, -0.2) is 4.98 Å². The highest BCUT2D eigenvalue weighted by molar-refractivity contribution is 9.10. The van der Waals surface area contributed by atoms with E-state index in [2.05, 4.69) is 45.0 Å². The standard InChI is InChI=1S/C11H12BrN3/c1-7(2)10-13-11(15-14-10)8-4-3-5-9(12)6-8/h3-7H,1-2H3,(H,13,14,15). The van der Waals surface area contributed by atoms with Crippen molar-refractivity contribution in [3.8, 4) is 11.4 Å². The van der Waals surface area contributed by atoms with E-state index >= 15 is 0 Å². The number of aromatic nitrogens is 3. The fourth-order valence-electron chi connectivity index (χ4n) is 1.29. The average Bonchev–Trinajstić information content (AvgIpc) is 2.66. The van der Waals surface area contributed by atoms with Crippen molar-refractivity contribution in [1.82, 2.24) is 15.2 Å². The molecule has 3 nitrogen and oxygen atoms in total. The first-order valence-corrected chi connectivity index (χ1v) is 5.64. The summed E-state index contributed by atoms with van der Waals surface area (Å²) in [6.45, 7) is 4.18. The quantitative estimate of drug-likeness (QED) is 0.905. The topological polar surface area (TPSA) is 41.6 Å². The van der Waals surface area contributed by atoms with Crippen LogP contribution in [-0.2, 0) is 0 Å². The third-order valence-corrected chi connectivity index (χ3v) is 2.63. The molecule has 1 N–H and O–H groups in total. The van der Waals surface area contributed by atoms with Crippen LogP contribution in [0.3, 0.4) is 0 Å². The van der Waals surface area contributed by atoms with E-state index in [0.29, 0.717) is 5.92 Å². The van der Waals surface area contributed by atoms with Gasteiger partial charge in [0.1, 0.15) is 5.82 Å². The first kappa shape index (κ1) is 10.4. The number of nitrogens with zero attached hydrogens (tertiary/aromatic N) is 2. The van der Waals surface area contributed by atoms with Crippen molar-refractivity contribution in [3.05, 3.63) is 34.6 Å². The van der Waals surface area contributed by atoms with Gasteiger partial charge in [0.15, 0.2) is 5.82 Å². The van der Waals surface area contributed by atoms with E-state index in [1.165, 1.54) is 0 Å². The van der Waals surface area contributed by atoms with Gasteiger partial charge in [-0.1, -0.05) is 41.9 Å². The van der Waals surface area contributed by atoms with E-state index in [0.717, 1.165) is 21.7 Å². The van der Waals surface area contributed by atoms with Crippen molar-refractivity contribution in [2.45, 2.75) is 19.8 Å². The number of rotatable bonds is 2. The maximum absolute atomic E-state index is 4.43. The lowest BCUT2D eigenvalue weighted by atomic mass is 10.2. The number of halogens is 1. The summed E-state index contributed by atoms with van der Waals surface area (Å²) in [5.41, 5.74) is 1.02. The number of hydrogen-bond donors (Lipinski definition) is 1. The van der Waals surface area contributed by atoms with Gasteiger partial charge in [-0.05, 0) is 12.1 Å². The predicted molar refractivity (Wildman–Crippen MR) is 63.6 cm³/mol. The monoisotopic (exact) mass is 265 g/mol. The molecule has 1 heterocycles. The fourth-order valence-corrected chi connectivity index (χ4v) is 1.69. The van der Waals surface area contributed by atoms with Crippen LogP contribution in [-0.4, -0.2) is 15.2 Å². The summed E-state index contributed by atoms with van der Waals surface area (Å²) in [5.74, 6) is 2.04. The second-order valence-electron chi connectivity index (χ2n) is 3.71. The molecule has 0 saturated heterocycles. The number of H-pyrrole nitrogens is 1. The first-order valence-electron chi connectivity index (χ1n) is 4.85. The van der Waals surface area contributed by atoms with E-state index < -0.39 is 0 Å². The lowest BCUT2D eigenvalue weighted by Gasteiger charge is -1.96. The molecule has 1 aromatic heterocycles. The van der Waals surface area contributed by atoms with Crippen molar-refractivity contribution < 1.29 is 0 Å². The SMILES string of the molecule is CC(C)c1nc(-c2cccc(Br)c2)n[nH]1. The van der Waals surface area contributed by atoms with Crippen LogP contribution in [0.25, 0.3) is 11.4 Å². The highest BCUT2D eigenvalue weighted by atomic mass is 79.9. The molecule has 0 atom stereocenters. The van der Waals surface area contributed by atoms with Crippen molar-refractivity contribution in [2.24, 2.45) is 0 Å². The highest BCUT2D eigenvalue weighted by Gasteiger charge is 2.08. The Morgan fingerprint density at radius 1 is 1.33 bits per heavy atom. The van der Waals surface area contributed by atoms with Gasteiger partial charge in [0.05, 0.1) is 0 Å². The maximum Gasteiger partial charge on any atom is 0.181 e. The predicted octanol–water partition coefficient (Wildman–Crippen LogP) is 3.36. The summed E-state index contributed by atoms with van der Waals surface area (Å²) in [7, 11) is 0. The molecule has 0 unspecified atom stereocenters. The highest BCUT2D eigenvalue weighted by Crippen LogP contribution is 2.20. The van der Waals surface area contributed by atoms with Crippen molar-refractivity contribution in [2.75, 3.05) is 0 Å². The minimum atomic E-state index is 0.374. The fraction of sp³-hybridized carbons (Fsp3) is 0.273. The summed E-state index contributed by atoms with van der Waals surface area (Å²) >= 11 is 3.43. The Hall–Kier alpha value is -1.16. The number of aromatic amines is 1. The van der Waals surface area contributed by atoms with Crippen LogP contribution in [0.2, 0.25) is 0 Å². The molecule has 0 fully saturated rings. The van der Waals surface area contributed by atoms with Gasteiger partial charge in [-0.15, -0.1) is 0 Å². The Morgan fingerprint density at radius 3 is 2.73 bits per heavy atom. The molecule has 0 bridgehead atoms. The maximum atomic E-state index is 4.43. The van der Waals surface area contributed by atoms with Gasteiger partial charge >= 0.3 is 0 Å². The normalized spacial score (nSPS) is 10.9. The molecule has 78 valence electrons. The second-order valence-corrected chi connectivity index (χ2v) is 4.62. The summed E-state index contributed by atoms with van der Waals surface area (Å²) in [6.07, 6.45) is 0. The lowest BCUT2D eigenvalue weighted by molar-refractivity contribution is 0.781. The van der Waals surface area contributed by atoms with Gasteiger partial charge in [0, 0.05) is 16.0 Å². The van der Waals surface area contributed by atoms with Crippen LogP contribution in [0.1, 0.15) is 25.6 Å². The molecular weight excluding hydrogens is 254 g/mol. The van der Waals surface area contributed by atoms with Crippen LogP contribution >= 0.6 is 15.9 Å². The molecule has 0 aliphatic carbocycles. The Bertz CT molecular complexity index is 462. The van der Waals surface area contributed by atoms with Crippen LogP contribution in [0.4, 0.5) is 0 Å².